The van der Waals surface area contributed by atoms with Crippen molar-refractivity contribution in [1.29, 1.82) is 0 Å². The average Bonchev–Trinajstić information content (AvgIpc) is 2.06. The number of hydrogen-bond acceptors (Lipinski definition) is 3. The van der Waals surface area contributed by atoms with Crippen molar-refractivity contribution in [1.82, 2.24) is 4.98 Å². The molecule has 1 fully saturated rings. The fraction of sp³-hybridized carbons (Fsp3) is 0.500. The molecule has 0 unspecified atom stereocenters. The summed E-state index contributed by atoms with van der Waals surface area (Å²) >= 11 is 0. The number of ether oxygens (including phenoxy) is 1. The molecule has 0 bridgehead atoms. The molecule has 2 rings (SSSR count). The molecule has 1 aliphatic carbocycles. The van der Waals surface area contributed by atoms with Crippen molar-refractivity contribution in [2.75, 3.05) is 0 Å². The number of aryl methyl sites for hydroxylation is 1. The molecule has 0 aromatic carbocycles. The van der Waals surface area contributed by atoms with Crippen molar-refractivity contribution >= 4 is 0 Å². The molecule has 0 spiro atoms. The molecule has 1 aromatic rings. The number of nitrogens with zero attached hydrogens (tertiary/aromatic N) is 1. The summed E-state index contributed by atoms with van der Waals surface area (Å²) in [4.78, 5) is 4.14. The minimum Gasteiger partial charge on any atom is -0.471 e. The van der Waals surface area contributed by atoms with Crippen molar-refractivity contribution < 1.29 is 4.74 Å². The molecule has 13 heavy (non-hydrogen) atoms. The third-order valence-corrected chi connectivity index (χ3v) is 2.41. The van der Waals surface area contributed by atoms with Crippen LogP contribution in [0.5, 0.6) is 5.75 Å². The molecule has 1 saturated carbocycles. The largest absolute Gasteiger partial charge is 0.471 e. The predicted molar refractivity (Wildman–Crippen MR) is 50.4 cm³/mol. The van der Waals surface area contributed by atoms with E-state index in [9.17, 15) is 0 Å². The van der Waals surface area contributed by atoms with Gasteiger partial charge in [0, 0.05) is 18.5 Å². The Morgan fingerprint density at radius 2 is 2.23 bits per heavy atom. The van der Waals surface area contributed by atoms with E-state index in [4.69, 9.17) is 10.5 Å². The van der Waals surface area contributed by atoms with E-state index in [1.807, 2.05) is 19.1 Å². The molecule has 3 nitrogen and oxygen atoms in total. The van der Waals surface area contributed by atoms with Crippen LogP contribution in [0.25, 0.3) is 0 Å². The minimum atomic E-state index is -0.420. The fourth-order valence-electron chi connectivity index (χ4n) is 1.38. The van der Waals surface area contributed by atoms with Crippen molar-refractivity contribution in [3.05, 3.63) is 24.0 Å². The molecule has 1 aromatic heterocycles. The SMILES string of the molecule is Cc1ccc(OC2(N)CCC2)cn1. The average molecular weight is 178 g/mol. The monoisotopic (exact) mass is 178 g/mol. The van der Waals surface area contributed by atoms with Gasteiger partial charge in [-0.15, -0.1) is 0 Å². The van der Waals surface area contributed by atoms with Crippen molar-refractivity contribution in [3.63, 3.8) is 0 Å². The molecule has 0 saturated heterocycles. The van der Waals surface area contributed by atoms with Gasteiger partial charge in [-0.3, -0.25) is 10.7 Å². The number of hydrogen-bond donors (Lipinski definition) is 1. The second-order valence-corrected chi connectivity index (χ2v) is 3.66. The number of aromatic nitrogens is 1. The van der Waals surface area contributed by atoms with E-state index < -0.39 is 5.72 Å². The molecular formula is C10H14N2O. The van der Waals surface area contributed by atoms with Gasteiger partial charge in [0.05, 0.1) is 6.20 Å². The molecule has 0 amide bonds. The quantitative estimate of drug-likeness (QED) is 0.700. The van der Waals surface area contributed by atoms with Crippen LogP contribution in [0, 0.1) is 6.92 Å². The van der Waals surface area contributed by atoms with Gasteiger partial charge in [-0.1, -0.05) is 0 Å². The van der Waals surface area contributed by atoms with E-state index in [1.54, 1.807) is 6.20 Å². The lowest BCUT2D eigenvalue weighted by molar-refractivity contribution is -0.00123. The second kappa shape index (κ2) is 3.00. The molecule has 3 heteroatoms. The van der Waals surface area contributed by atoms with Gasteiger partial charge < -0.3 is 4.74 Å². The predicted octanol–water partition coefficient (Wildman–Crippen LogP) is 1.61. The Bertz CT molecular complexity index is 290. The van der Waals surface area contributed by atoms with Crippen LogP contribution in [-0.2, 0) is 0 Å². The lowest BCUT2D eigenvalue weighted by atomic mass is 9.89. The minimum absolute atomic E-state index is 0.420. The van der Waals surface area contributed by atoms with Crippen molar-refractivity contribution in [2.45, 2.75) is 31.9 Å². The zero-order valence-corrected chi connectivity index (χ0v) is 7.79. The maximum Gasteiger partial charge on any atom is 0.158 e. The first kappa shape index (κ1) is 8.51. The maximum atomic E-state index is 5.92. The highest BCUT2D eigenvalue weighted by atomic mass is 16.5. The molecule has 0 aliphatic heterocycles. The summed E-state index contributed by atoms with van der Waals surface area (Å²) in [6, 6.07) is 3.84. The van der Waals surface area contributed by atoms with Crippen LogP contribution < -0.4 is 10.5 Å². The Balaban J connectivity index is 2.05. The van der Waals surface area contributed by atoms with E-state index in [2.05, 4.69) is 4.98 Å². The van der Waals surface area contributed by atoms with Crippen LogP contribution >= 0.6 is 0 Å². The molecule has 0 atom stereocenters. The van der Waals surface area contributed by atoms with Gasteiger partial charge in [0.1, 0.15) is 5.75 Å². The molecule has 1 aliphatic rings. The summed E-state index contributed by atoms with van der Waals surface area (Å²) in [5, 5.41) is 0. The first-order chi connectivity index (χ1) is 6.18. The molecular weight excluding hydrogens is 164 g/mol. The normalized spacial score (nSPS) is 19.2. The number of nitrogens with two attached hydrogens (primary N) is 1. The zero-order valence-electron chi connectivity index (χ0n) is 7.79. The summed E-state index contributed by atoms with van der Waals surface area (Å²) in [6.45, 7) is 1.95. The van der Waals surface area contributed by atoms with Gasteiger partial charge >= 0.3 is 0 Å². The van der Waals surface area contributed by atoms with Gasteiger partial charge in [-0.2, -0.15) is 0 Å². The Kier molecular flexibility index (Phi) is 1.96. The van der Waals surface area contributed by atoms with Gasteiger partial charge in [-0.05, 0) is 25.5 Å². The molecule has 2 N–H and O–H groups in total. The smallest absolute Gasteiger partial charge is 0.158 e. The Labute approximate surface area is 77.9 Å². The molecule has 0 radical (unpaired) electrons. The third-order valence-electron chi connectivity index (χ3n) is 2.41. The molecule has 1 heterocycles. The standard InChI is InChI=1S/C10H14N2O/c1-8-3-4-9(7-12-8)13-10(11)5-2-6-10/h3-4,7H,2,5-6,11H2,1H3. The van der Waals surface area contributed by atoms with E-state index in [1.165, 1.54) is 0 Å². The van der Waals surface area contributed by atoms with Crippen LogP contribution in [0.2, 0.25) is 0 Å². The highest BCUT2D eigenvalue weighted by Gasteiger charge is 2.34. The summed E-state index contributed by atoms with van der Waals surface area (Å²) in [5.41, 5.74) is 6.50. The van der Waals surface area contributed by atoms with Gasteiger partial charge in [0.2, 0.25) is 0 Å². The lowest BCUT2D eigenvalue weighted by Gasteiger charge is -2.37. The van der Waals surface area contributed by atoms with Gasteiger partial charge in [-0.25, -0.2) is 0 Å². The summed E-state index contributed by atoms with van der Waals surface area (Å²) < 4.78 is 5.61. The van der Waals surface area contributed by atoms with Crippen LogP contribution in [0.4, 0.5) is 0 Å². The third kappa shape index (κ3) is 1.80. The van der Waals surface area contributed by atoms with E-state index in [-0.39, 0.29) is 0 Å². The maximum absolute atomic E-state index is 5.92. The van der Waals surface area contributed by atoms with Crippen LogP contribution in [0.1, 0.15) is 25.0 Å². The number of pyridine rings is 1. The zero-order chi connectivity index (χ0) is 9.31. The summed E-state index contributed by atoms with van der Waals surface area (Å²) in [7, 11) is 0. The summed E-state index contributed by atoms with van der Waals surface area (Å²) in [5.74, 6) is 0.771. The van der Waals surface area contributed by atoms with Crippen LogP contribution in [0.3, 0.4) is 0 Å². The second-order valence-electron chi connectivity index (χ2n) is 3.66. The van der Waals surface area contributed by atoms with Crippen LogP contribution in [-0.4, -0.2) is 10.7 Å². The van der Waals surface area contributed by atoms with Gasteiger partial charge in [0.15, 0.2) is 5.72 Å². The Morgan fingerprint density at radius 1 is 1.46 bits per heavy atom. The Morgan fingerprint density at radius 3 is 2.69 bits per heavy atom. The number of rotatable bonds is 2. The van der Waals surface area contributed by atoms with Gasteiger partial charge in [0.25, 0.3) is 0 Å². The van der Waals surface area contributed by atoms with Crippen LogP contribution in [0.15, 0.2) is 18.3 Å². The van der Waals surface area contributed by atoms with E-state index >= 15 is 0 Å². The first-order valence-corrected chi connectivity index (χ1v) is 4.59. The lowest BCUT2D eigenvalue weighted by Crippen LogP contribution is -2.51. The fourth-order valence-corrected chi connectivity index (χ4v) is 1.38. The first-order valence-electron chi connectivity index (χ1n) is 4.59. The van der Waals surface area contributed by atoms with E-state index in [0.29, 0.717) is 0 Å². The van der Waals surface area contributed by atoms with Crippen molar-refractivity contribution in [3.8, 4) is 5.75 Å². The highest BCUT2D eigenvalue weighted by Crippen LogP contribution is 2.31. The Hall–Kier alpha value is -1.09. The molecule has 70 valence electrons. The van der Waals surface area contributed by atoms with E-state index in [0.717, 1.165) is 30.7 Å². The van der Waals surface area contributed by atoms with Crippen molar-refractivity contribution in [2.24, 2.45) is 5.73 Å². The highest BCUT2D eigenvalue weighted by molar-refractivity contribution is 5.20. The topological polar surface area (TPSA) is 48.1 Å². The summed E-state index contributed by atoms with van der Waals surface area (Å²) in [6.07, 6.45) is 4.78.